The molecule has 1 aliphatic heterocycles. The van der Waals surface area contributed by atoms with Crippen LogP contribution in [0.4, 0.5) is 0 Å². The van der Waals surface area contributed by atoms with Gasteiger partial charge >= 0.3 is 11.9 Å². The lowest BCUT2D eigenvalue weighted by Gasteiger charge is -2.29. The van der Waals surface area contributed by atoms with Crippen LogP contribution in [-0.2, 0) is 31.9 Å². The lowest BCUT2D eigenvalue weighted by molar-refractivity contribution is -0.140. The zero-order chi connectivity index (χ0) is 27.8. The number of aromatic nitrogens is 2. The predicted octanol–water partition coefficient (Wildman–Crippen LogP) is 5.96. The van der Waals surface area contributed by atoms with Crippen molar-refractivity contribution >= 4 is 23.5 Å². The normalized spacial score (nSPS) is 13.8. The van der Waals surface area contributed by atoms with E-state index in [1.54, 1.807) is 20.8 Å². The van der Waals surface area contributed by atoms with Gasteiger partial charge in [-0.05, 0) is 57.6 Å². The van der Waals surface area contributed by atoms with E-state index in [0.29, 0.717) is 46.9 Å². The summed E-state index contributed by atoms with van der Waals surface area (Å²) in [5.74, 6) is -1.25. The van der Waals surface area contributed by atoms with Crippen molar-refractivity contribution in [1.29, 1.82) is 0 Å². The molecule has 0 saturated carbocycles. The smallest absolute Gasteiger partial charge is 0.336 e. The van der Waals surface area contributed by atoms with Crippen LogP contribution in [0.1, 0.15) is 55.3 Å². The maximum atomic E-state index is 13.4. The van der Waals surface area contributed by atoms with E-state index >= 15 is 0 Å². The van der Waals surface area contributed by atoms with E-state index in [4.69, 9.17) is 21.1 Å². The Balaban J connectivity index is 1.49. The summed E-state index contributed by atoms with van der Waals surface area (Å²) in [5.41, 5.74) is 4.61. The van der Waals surface area contributed by atoms with Crippen LogP contribution in [0.3, 0.4) is 0 Å². The number of imidazole rings is 1. The lowest BCUT2D eigenvalue weighted by atomic mass is 9.83. The second kappa shape index (κ2) is 13.3. The van der Waals surface area contributed by atoms with Crippen LogP contribution in [0.25, 0.3) is 0 Å². The molecule has 0 unspecified atom stereocenters. The van der Waals surface area contributed by atoms with Gasteiger partial charge in [0.25, 0.3) is 0 Å². The van der Waals surface area contributed by atoms with E-state index in [9.17, 15) is 9.59 Å². The Labute approximate surface area is 234 Å². The molecule has 0 atom stereocenters. The molecule has 2 heterocycles. The number of nitrogens with one attached hydrogen (secondary N) is 2. The summed E-state index contributed by atoms with van der Waals surface area (Å²) in [6.07, 6.45) is 2.93. The van der Waals surface area contributed by atoms with Crippen molar-refractivity contribution in [2.24, 2.45) is 0 Å². The Bertz CT molecular complexity index is 1280. The maximum Gasteiger partial charge on any atom is 0.336 e. The number of nitrogens with zero attached hydrogens (tertiary/aromatic N) is 1. The lowest BCUT2D eigenvalue weighted by Crippen LogP contribution is -2.33. The van der Waals surface area contributed by atoms with Crippen molar-refractivity contribution in [2.45, 2.75) is 52.4 Å². The van der Waals surface area contributed by atoms with Crippen molar-refractivity contribution in [3.8, 4) is 0 Å². The van der Waals surface area contributed by atoms with Gasteiger partial charge in [-0.25, -0.2) is 14.6 Å². The number of allylic oxidation sites excluding steroid dienone is 2. The molecule has 0 fully saturated rings. The molecule has 204 valence electrons. The Hall–Kier alpha value is -3.84. The van der Waals surface area contributed by atoms with Gasteiger partial charge in [0, 0.05) is 11.4 Å². The van der Waals surface area contributed by atoms with Gasteiger partial charge in [0.15, 0.2) is 5.15 Å². The zero-order valence-electron chi connectivity index (χ0n) is 22.6. The largest absolute Gasteiger partial charge is 0.462 e. The van der Waals surface area contributed by atoms with Crippen LogP contribution in [0, 0.1) is 6.92 Å². The Kier molecular flexibility index (Phi) is 9.60. The molecule has 0 amide bonds. The third-order valence-electron chi connectivity index (χ3n) is 6.66. The second-order valence-electron chi connectivity index (χ2n) is 9.61. The number of carbonyl (C=O) groups excluding carboxylic acids is 2. The predicted molar refractivity (Wildman–Crippen MR) is 151 cm³/mol. The number of halogens is 1. The first-order valence-corrected chi connectivity index (χ1v) is 13.6. The number of hydrogen-bond donors (Lipinski definition) is 2. The first-order valence-electron chi connectivity index (χ1n) is 13.2. The monoisotopic (exact) mass is 547 g/mol. The van der Waals surface area contributed by atoms with Gasteiger partial charge in [-0.15, -0.1) is 0 Å². The average molecular weight is 548 g/mol. The highest BCUT2D eigenvalue weighted by molar-refractivity contribution is 6.30. The van der Waals surface area contributed by atoms with Crippen LogP contribution in [0.2, 0.25) is 5.15 Å². The molecular formula is C31H34ClN3O4. The fourth-order valence-corrected chi connectivity index (χ4v) is 5.11. The molecule has 0 saturated heterocycles. The third-order valence-corrected chi connectivity index (χ3v) is 6.95. The van der Waals surface area contributed by atoms with Gasteiger partial charge in [-0.1, -0.05) is 72.3 Å². The number of hydrogen-bond acceptors (Lipinski definition) is 6. The number of aryl methyl sites for hydroxylation is 3. The number of carbonyl (C=O) groups is 2. The molecule has 0 radical (unpaired) electrons. The van der Waals surface area contributed by atoms with Gasteiger partial charge in [-0.3, -0.25) is 0 Å². The third kappa shape index (κ3) is 7.18. The summed E-state index contributed by atoms with van der Waals surface area (Å²) in [7, 11) is 0. The highest BCUT2D eigenvalue weighted by Gasteiger charge is 2.40. The van der Waals surface area contributed by atoms with Gasteiger partial charge in [0.1, 0.15) is 5.82 Å². The highest BCUT2D eigenvalue weighted by Crippen LogP contribution is 2.41. The number of benzene rings is 2. The molecular weight excluding hydrogens is 514 g/mol. The second-order valence-corrected chi connectivity index (χ2v) is 9.97. The minimum atomic E-state index is -0.803. The van der Waals surface area contributed by atoms with Crippen LogP contribution >= 0.6 is 11.6 Å². The zero-order valence-corrected chi connectivity index (χ0v) is 23.3. The molecule has 7 nitrogen and oxygen atoms in total. The van der Waals surface area contributed by atoms with E-state index in [1.165, 1.54) is 11.1 Å². The van der Waals surface area contributed by atoms with E-state index in [0.717, 1.165) is 12.8 Å². The SMILES string of the molecule is CC1=C(C(=O)OCCCc2ccccc2)C(c2[nH]c(C)nc2Cl)C(C(=O)OCCCc2ccccc2)=C(C)N1. The molecule has 2 N–H and O–H groups in total. The molecule has 39 heavy (non-hydrogen) atoms. The Morgan fingerprint density at radius 2 is 1.26 bits per heavy atom. The average Bonchev–Trinajstić information content (AvgIpc) is 3.26. The summed E-state index contributed by atoms with van der Waals surface area (Å²) in [4.78, 5) is 34.3. The number of aromatic amines is 1. The molecule has 0 bridgehead atoms. The molecule has 8 heteroatoms. The Morgan fingerprint density at radius 1 is 0.795 bits per heavy atom. The number of rotatable bonds is 11. The fourth-order valence-electron chi connectivity index (χ4n) is 4.82. The van der Waals surface area contributed by atoms with Gasteiger partial charge in [0.2, 0.25) is 0 Å². The minimum Gasteiger partial charge on any atom is -0.462 e. The standard InChI is InChI=1S/C31H34ClN3O4/c1-20-25(30(36)38-18-10-16-23-12-6-4-7-13-23)27(28-29(32)35-22(3)34-28)26(21(2)33-20)31(37)39-19-11-17-24-14-8-5-9-15-24/h4-9,12-15,27,33H,10-11,16-19H2,1-3H3,(H,34,35). The van der Waals surface area contributed by atoms with Crippen molar-refractivity contribution in [1.82, 2.24) is 15.3 Å². The first-order chi connectivity index (χ1) is 18.8. The van der Waals surface area contributed by atoms with Gasteiger partial charge in [0.05, 0.1) is 36.0 Å². The van der Waals surface area contributed by atoms with Gasteiger partial charge in [-0.2, -0.15) is 0 Å². The van der Waals surface area contributed by atoms with E-state index in [2.05, 4.69) is 15.3 Å². The van der Waals surface area contributed by atoms with Crippen LogP contribution in [-0.4, -0.2) is 35.1 Å². The molecule has 4 rings (SSSR count). The molecule has 0 spiro atoms. The number of H-pyrrole nitrogens is 1. The number of esters is 2. The summed E-state index contributed by atoms with van der Waals surface area (Å²) in [6.45, 7) is 5.84. The summed E-state index contributed by atoms with van der Waals surface area (Å²) in [5, 5.41) is 3.38. The number of dihydropyridines is 1. The minimum absolute atomic E-state index is 0.198. The van der Waals surface area contributed by atoms with E-state index in [-0.39, 0.29) is 18.4 Å². The summed E-state index contributed by atoms with van der Waals surface area (Å²) >= 11 is 6.49. The van der Waals surface area contributed by atoms with E-state index in [1.807, 2.05) is 60.7 Å². The summed E-state index contributed by atoms with van der Waals surface area (Å²) < 4.78 is 11.4. The topological polar surface area (TPSA) is 93.3 Å². The number of ether oxygens (including phenoxy) is 2. The van der Waals surface area contributed by atoms with Crippen LogP contribution < -0.4 is 5.32 Å². The van der Waals surface area contributed by atoms with Crippen molar-refractivity contribution < 1.29 is 19.1 Å². The molecule has 3 aromatic rings. The van der Waals surface area contributed by atoms with E-state index < -0.39 is 17.9 Å². The molecule has 2 aromatic carbocycles. The molecule has 0 aliphatic carbocycles. The molecule has 1 aromatic heterocycles. The first kappa shape index (κ1) is 28.2. The van der Waals surface area contributed by atoms with Crippen LogP contribution in [0.15, 0.2) is 83.2 Å². The Morgan fingerprint density at radius 3 is 1.67 bits per heavy atom. The van der Waals surface area contributed by atoms with Crippen molar-refractivity contribution in [3.05, 3.63) is 111 Å². The quantitative estimate of drug-likeness (QED) is 0.227. The van der Waals surface area contributed by atoms with Crippen molar-refractivity contribution in [2.75, 3.05) is 13.2 Å². The fraction of sp³-hybridized carbons (Fsp3) is 0.323. The molecule has 1 aliphatic rings. The summed E-state index contributed by atoms with van der Waals surface area (Å²) in [6, 6.07) is 20.1. The van der Waals surface area contributed by atoms with Crippen LogP contribution in [0.5, 0.6) is 0 Å². The van der Waals surface area contributed by atoms with Gasteiger partial charge < -0.3 is 19.8 Å². The maximum absolute atomic E-state index is 13.4. The highest BCUT2D eigenvalue weighted by atomic mass is 35.5. The van der Waals surface area contributed by atoms with Crippen molar-refractivity contribution in [3.63, 3.8) is 0 Å².